The van der Waals surface area contributed by atoms with Crippen LogP contribution in [0.2, 0.25) is 0 Å². The molecule has 26 heteroatoms. The van der Waals surface area contributed by atoms with Gasteiger partial charge in [-0.15, -0.1) is 0 Å². The molecule has 4 aliphatic rings. The molecule has 12 atom stereocenters. The standard InChI is InChI=1S/C8H16O20P6/c1-20-34(19)25-5-3(2-29(9,10)26-34)4-6(22-31(13,14)27-30(11,12)21-4)8-7(5)23-32(15,16)28-33(17,18)24-8/h3-8H,2H2,1H3,(H,9,10)(H,11,12)(H,13,14)(H,15,16)(H,17,18). The van der Waals surface area contributed by atoms with Crippen molar-refractivity contribution in [2.45, 2.75) is 30.5 Å². The van der Waals surface area contributed by atoms with E-state index in [0.29, 0.717) is 0 Å². The molecule has 4 rings (SSSR count). The molecule has 1 saturated carbocycles. The van der Waals surface area contributed by atoms with Crippen LogP contribution in [-0.2, 0) is 67.5 Å². The van der Waals surface area contributed by atoms with Crippen LogP contribution in [0.4, 0.5) is 0 Å². The van der Waals surface area contributed by atoms with Gasteiger partial charge in [0.15, 0.2) is 0 Å². The Labute approximate surface area is 188 Å². The van der Waals surface area contributed by atoms with E-state index in [0.717, 1.165) is 7.11 Å². The highest BCUT2D eigenvalue weighted by molar-refractivity contribution is 7.64. The maximum atomic E-state index is 12.8. The monoisotopic (exact) mass is 618 g/mol. The van der Waals surface area contributed by atoms with Crippen LogP contribution in [0.15, 0.2) is 0 Å². The van der Waals surface area contributed by atoms with E-state index in [1.807, 2.05) is 0 Å². The van der Waals surface area contributed by atoms with Crippen molar-refractivity contribution in [2.24, 2.45) is 5.92 Å². The fraction of sp³-hybridized carbons (Fsp3) is 1.00. The van der Waals surface area contributed by atoms with Gasteiger partial charge in [0.1, 0.15) is 30.5 Å². The van der Waals surface area contributed by atoms with Gasteiger partial charge in [-0.25, -0.2) is 27.1 Å². The maximum absolute atomic E-state index is 12.8. The Hall–Kier alpha value is 0.820. The zero-order valence-electron chi connectivity index (χ0n) is 16.2. The van der Waals surface area contributed by atoms with Gasteiger partial charge in [0.05, 0.1) is 6.16 Å². The van der Waals surface area contributed by atoms with Crippen LogP contribution in [-0.4, -0.2) is 68.3 Å². The van der Waals surface area contributed by atoms with Crippen LogP contribution in [0.3, 0.4) is 0 Å². The summed E-state index contributed by atoms with van der Waals surface area (Å²) >= 11 is 0. The third-order valence-corrected chi connectivity index (χ3v) is 13.7. The third kappa shape index (κ3) is 5.78. The van der Waals surface area contributed by atoms with Crippen LogP contribution in [0.5, 0.6) is 0 Å². The van der Waals surface area contributed by atoms with E-state index in [-0.39, 0.29) is 0 Å². The molecule has 198 valence electrons. The lowest BCUT2D eigenvalue weighted by molar-refractivity contribution is -0.166. The first-order valence-electron chi connectivity index (χ1n) is 8.60. The van der Waals surface area contributed by atoms with Crippen LogP contribution in [0.1, 0.15) is 0 Å². The normalized spacial score (nSPS) is 60.5. The summed E-state index contributed by atoms with van der Waals surface area (Å²) in [7, 11) is -31.2. The molecule has 34 heavy (non-hydrogen) atoms. The third-order valence-electron chi connectivity index (χ3n) is 4.72. The molecule has 5 N–H and O–H groups in total. The molecular weight excluding hydrogens is 602 g/mol. The molecule has 0 radical (unpaired) electrons. The molecule has 20 nitrogen and oxygen atoms in total. The van der Waals surface area contributed by atoms with Crippen molar-refractivity contribution in [3.05, 3.63) is 0 Å². The molecule has 4 fully saturated rings. The van der Waals surface area contributed by atoms with Crippen LogP contribution in [0, 0.1) is 5.92 Å². The second-order valence-corrected chi connectivity index (χ2v) is 16.7. The van der Waals surface area contributed by atoms with Crippen molar-refractivity contribution in [1.82, 2.24) is 0 Å². The summed E-state index contributed by atoms with van der Waals surface area (Å²) in [6.07, 6.45) is -12.0. The quantitative estimate of drug-likeness (QED) is 0.256. The summed E-state index contributed by atoms with van der Waals surface area (Å²) in [4.78, 5) is 49.4. The Bertz CT molecular complexity index is 1120. The van der Waals surface area contributed by atoms with Gasteiger partial charge in [0.25, 0.3) is 0 Å². The van der Waals surface area contributed by atoms with E-state index in [1.165, 1.54) is 0 Å². The van der Waals surface area contributed by atoms with Gasteiger partial charge in [-0.05, 0) is 0 Å². The predicted molar refractivity (Wildman–Crippen MR) is 99.7 cm³/mol. The van der Waals surface area contributed by atoms with Gasteiger partial charge in [-0.3, -0.25) is 31.7 Å². The predicted octanol–water partition coefficient (Wildman–Crippen LogP) is 0.974. The van der Waals surface area contributed by atoms with Crippen molar-refractivity contribution < 1.29 is 91.9 Å². The molecule has 0 aromatic carbocycles. The first-order chi connectivity index (χ1) is 15.3. The molecule has 1 aliphatic carbocycles. The summed E-state index contributed by atoms with van der Waals surface area (Å²) in [5.41, 5.74) is 0. The number of hydrogen-bond donors (Lipinski definition) is 5. The molecule has 0 aromatic heterocycles. The summed E-state index contributed by atoms with van der Waals surface area (Å²) < 4.78 is 115. The SMILES string of the molecule is COP1(=O)OC2C(CP(=O)(O)O1)C1OP(=O)(O)OP(=O)(O)OC1C1OP(=O)(O)OP(=O)(O)OC21. The Morgan fingerprint density at radius 3 is 1.35 bits per heavy atom. The first-order valence-corrected chi connectivity index (χ1v) is 17.8. The fourth-order valence-electron chi connectivity index (χ4n) is 3.73. The number of fused-ring (bicyclic) bond motifs is 6. The van der Waals surface area contributed by atoms with Gasteiger partial charge in [-0.1, -0.05) is 0 Å². The van der Waals surface area contributed by atoms with Gasteiger partial charge >= 0.3 is 46.7 Å². The second-order valence-electron chi connectivity index (χ2n) is 7.08. The van der Waals surface area contributed by atoms with Crippen molar-refractivity contribution in [3.8, 4) is 0 Å². The number of phosphoric ester groups is 5. The van der Waals surface area contributed by atoms with E-state index >= 15 is 0 Å². The van der Waals surface area contributed by atoms with E-state index in [4.69, 9.17) is 22.6 Å². The Morgan fingerprint density at radius 1 is 0.588 bits per heavy atom. The van der Waals surface area contributed by atoms with Gasteiger partial charge in [-0.2, -0.15) is 8.62 Å². The van der Waals surface area contributed by atoms with Crippen molar-refractivity contribution >= 4 is 46.7 Å². The molecule has 0 bridgehead atoms. The Balaban J connectivity index is 1.92. The molecule has 0 aromatic rings. The minimum absolute atomic E-state index is 0.736. The van der Waals surface area contributed by atoms with E-state index in [1.54, 1.807) is 0 Å². The lowest BCUT2D eigenvalue weighted by Gasteiger charge is -2.46. The number of hydrogen-bond acceptors (Lipinski definition) is 15. The maximum Gasteiger partial charge on any atom is 0.482 e. The lowest BCUT2D eigenvalue weighted by Crippen LogP contribution is -2.63. The van der Waals surface area contributed by atoms with Gasteiger partial charge < -0.3 is 24.5 Å². The van der Waals surface area contributed by atoms with Crippen LogP contribution in [0.25, 0.3) is 0 Å². The van der Waals surface area contributed by atoms with Crippen LogP contribution >= 0.6 is 46.7 Å². The lowest BCUT2D eigenvalue weighted by atomic mass is 9.79. The minimum Gasteiger partial charge on any atom is -0.324 e. The zero-order valence-corrected chi connectivity index (χ0v) is 21.6. The Kier molecular flexibility index (Phi) is 7.10. The first kappa shape index (κ1) is 27.8. The summed E-state index contributed by atoms with van der Waals surface area (Å²) in [5.74, 6) is -1.82. The van der Waals surface area contributed by atoms with E-state index in [2.05, 4.69) is 17.5 Å². The van der Waals surface area contributed by atoms with Crippen molar-refractivity contribution in [3.63, 3.8) is 0 Å². The van der Waals surface area contributed by atoms with Crippen molar-refractivity contribution in [1.29, 1.82) is 0 Å². The summed E-state index contributed by atoms with van der Waals surface area (Å²) in [6, 6.07) is 0. The van der Waals surface area contributed by atoms with Gasteiger partial charge in [0.2, 0.25) is 0 Å². The van der Waals surface area contributed by atoms with Crippen LogP contribution < -0.4 is 0 Å². The average molecular weight is 618 g/mol. The summed E-state index contributed by atoms with van der Waals surface area (Å²) in [6.45, 7) is 0. The zero-order chi connectivity index (χ0) is 25.5. The molecule has 3 saturated heterocycles. The summed E-state index contributed by atoms with van der Waals surface area (Å²) in [5, 5.41) is 0. The molecule has 12 unspecified atom stereocenters. The number of phosphoric acid groups is 5. The highest BCUT2D eigenvalue weighted by Crippen LogP contribution is 2.73. The second kappa shape index (κ2) is 8.67. The average Bonchev–Trinajstić information content (AvgIpc) is 2.83. The smallest absolute Gasteiger partial charge is 0.324 e. The molecule has 3 heterocycles. The molecule has 0 amide bonds. The van der Waals surface area contributed by atoms with Crippen molar-refractivity contribution in [2.75, 3.05) is 13.3 Å². The molecular formula is C8H16O20P6. The fourth-order valence-corrected chi connectivity index (χ4v) is 12.2. The van der Waals surface area contributed by atoms with E-state index in [9.17, 15) is 51.9 Å². The number of rotatable bonds is 1. The Morgan fingerprint density at radius 2 is 0.941 bits per heavy atom. The molecule has 0 spiro atoms. The largest absolute Gasteiger partial charge is 0.482 e. The topological polar surface area (TPSA) is 287 Å². The van der Waals surface area contributed by atoms with Gasteiger partial charge in [0, 0.05) is 13.0 Å². The highest BCUT2D eigenvalue weighted by atomic mass is 31.3. The minimum atomic E-state index is -5.52. The molecule has 3 aliphatic heterocycles. The van der Waals surface area contributed by atoms with E-state index < -0.39 is 89.3 Å². The highest BCUT2D eigenvalue weighted by Gasteiger charge is 2.67.